The Hall–Kier alpha value is -3.29. The molecule has 3 aliphatic heterocycles. The molecule has 1 saturated heterocycles. The fourth-order valence-electron chi connectivity index (χ4n) is 3.60. The van der Waals surface area contributed by atoms with Gasteiger partial charge in [-0.3, -0.25) is 9.79 Å². The number of pyridine rings is 1. The molecule has 0 spiro atoms. The Kier molecular flexibility index (Phi) is 5.79. The third-order valence-corrected chi connectivity index (χ3v) is 5.04. The molecular weight excluding hydrogens is 368 g/mol. The summed E-state index contributed by atoms with van der Waals surface area (Å²) >= 11 is 0. The SMILES string of the molecule is CN=NC1=C\C=N/C=C(N2CCOc3cc(C(=O)N4CCCCC4)cnc32)\C=C\1. The number of allylic oxidation sites excluding steroid dienone is 3. The first-order chi connectivity index (χ1) is 14.3. The number of fused-ring (bicyclic) bond motifs is 1. The zero-order valence-corrected chi connectivity index (χ0v) is 16.5. The summed E-state index contributed by atoms with van der Waals surface area (Å²) in [6.07, 6.45) is 14.0. The van der Waals surface area contributed by atoms with Crippen molar-refractivity contribution in [1.82, 2.24) is 9.88 Å². The van der Waals surface area contributed by atoms with E-state index >= 15 is 0 Å². The van der Waals surface area contributed by atoms with Crippen LogP contribution in [0.25, 0.3) is 0 Å². The summed E-state index contributed by atoms with van der Waals surface area (Å²) < 4.78 is 5.83. The maximum absolute atomic E-state index is 12.8. The first kappa shape index (κ1) is 19.0. The van der Waals surface area contributed by atoms with Crippen LogP contribution in [-0.4, -0.2) is 55.3 Å². The minimum atomic E-state index is 0.0232. The Morgan fingerprint density at radius 3 is 2.86 bits per heavy atom. The number of aromatic nitrogens is 1. The van der Waals surface area contributed by atoms with Gasteiger partial charge in [-0.25, -0.2) is 4.98 Å². The summed E-state index contributed by atoms with van der Waals surface area (Å²) in [7, 11) is 1.63. The van der Waals surface area contributed by atoms with E-state index in [9.17, 15) is 4.79 Å². The second kappa shape index (κ2) is 8.81. The van der Waals surface area contributed by atoms with Crippen LogP contribution >= 0.6 is 0 Å². The number of rotatable bonds is 3. The molecule has 0 bridgehead atoms. The molecule has 0 saturated carbocycles. The second-order valence-corrected chi connectivity index (χ2v) is 6.98. The zero-order chi connectivity index (χ0) is 20.1. The van der Waals surface area contributed by atoms with Crippen LogP contribution in [0.2, 0.25) is 0 Å². The van der Waals surface area contributed by atoms with Gasteiger partial charge in [0.2, 0.25) is 0 Å². The Labute approximate surface area is 170 Å². The molecule has 0 radical (unpaired) electrons. The third-order valence-electron chi connectivity index (χ3n) is 5.04. The molecule has 1 amide bonds. The van der Waals surface area contributed by atoms with Gasteiger partial charge in [-0.05, 0) is 43.6 Å². The average molecular weight is 392 g/mol. The van der Waals surface area contributed by atoms with Crippen LogP contribution in [-0.2, 0) is 0 Å². The Balaban J connectivity index is 1.59. The first-order valence-electron chi connectivity index (χ1n) is 9.87. The van der Waals surface area contributed by atoms with Crippen molar-refractivity contribution >= 4 is 17.9 Å². The standard InChI is InChI=1S/C21H24N6O2/c1-22-25-17-5-6-18(15-23-8-7-17)27-11-12-29-19-13-16(14-24-20(19)27)21(28)26-9-3-2-4-10-26/h5-8,13-15H,2-4,9-12H2,1H3/b6-5+,8-7?,17-5?,17-7-,18-6?,18-15+,23-8-,23-15?,25-22?. The van der Waals surface area contributed by atoms with Crippen molar-refractivity contribution in [3.8, 4) is 5.75 Å². The molecule has 4 heterocycles. The first-order valence-corrected chi connectivity index (χ1v) is 9.87. The van der Waals surface area contributed by atoms with E-state index in [1.807, 2.05) is 22.0 Å². The van der Waals surface area contributed by atoms with Crippen molar-refractivity contribution in [2.75, 3.05) is 38.2 Å². The van der Waals surface area contributed by atoms with Gasteiger partial charge in [0.25, 0.3) is 5.91 Å². The van der Waals surface area contributed by atoms with Crippen LogP contribution in [0.1, 0.15) is 29.6 Å². The summed E-state index contributed by atoms with van der Waals surface area (Å²) in [5.74, 6) is 1.32. The lowest BCUT2D eigenvalue weighted by Crippen LogP contribution is -2.36. The predicted octanol–water partition coefficient (Wildman–Crippen LogP) is 3.35. The summed E-state index contributed by atoms with van der Waals surface area (Å²) in [5, 5.41) is 7.88. The lowest BCUT2D eigenvalue weighted by molar-refractivity contribution is 0.0723. The van der Waals surface area contributed by atoms with Gasteiger partial charge in [0, 0.05) is 32.5 Å². The van der Waals surface area contributed by atoms with Gasteiger partial charge >= 0.3 is 0 Å². The van der Waals surface area contributed by atoms with Crippen LogP contribution < -0.4 is 9.64 Å². The van der Waals surface area contributed by atoms with Gasteiger partial charge in [-0.2, -0.15) is 10.2 Å². The molecule has 29 heavy (non-hydrogen) atoms. The summed E-state index contributed by atoms with van der Waals surface area (Å²) in [6, 6.07) is 1.80. The molecule has 8 nitrogen and oxygen atoms in total. The number of amides is 1. The molecule has 0 aromatic carbocycles. The molecule has 1 fully saturated rings. The minimum absolute atomic E-state index is 0.0232. The molecule has 0 unspecified atom stereocenters. The van der Waals surface area contributed by atoms with E-state index in [1.165, 1.54) is 6.42 Å². The van der Waals surface area contributed by atoms with Gasteiger partial charge in [0.1, 0.15) is 6.61 Å². The number of piperidine rings is 1. The molecule has 1 aromatic heterocycles. The number of aliphatic imine (C=N–C) groups is 1. The molecule has 4 rings (SSSR count). The maximum Gasteiger partial charge on any atom is 0.255 e. The zero-order valence-electron chi connectivity index (χ0n) is 16.5. The van der Waals surface area contributed by atoms with E-state index in [4.69, 9.17) is 4.74 Å². The van der Waals surface area contributed by atoms with Crippen LogP contribution in [0, 0.1) is 0 Å². The highest BCUT2D eigenvalue weighted by Crippen LogP contribution is 2.33. The van der Waals surface area contributed by atoms with Crippen molar-refractivity contribution in [2.45, 2.75) is 19.3 Å². The molecule has 0 aliphatic carbocycles. The number of nitrogens with zero attached hydrogens (tertiary/aromatic N) is 6. The average Bonchev–Trinajstić information content (AvgIpc) is 2.75. The smallest absolute Gasteiger partial charge is 0.255 e. The Bertz CT molecular complexity index is 925. The Morgan fingerprint density at radius 2 is 2.03 bits per heavy atom. The van der Waals surface area contributed by atoms with E-state index in [-0.39, 0.29) is 5.91 Å². The van der Waals surface area contributed by atoms with Gasteiger partial charge < -0.3 is 14.5 Å². The fraction of sp³-hybridized carbons (Fsp3) is 0.381. The highest BCUT2D eigenvalue weighted by molar-refractivity contribution is 5.95. The van der Waals surface area contributed by atoms with Crippen molar-refractivity contribution in [2.24, 2.45) is 15.2 Å². The van der Waals surface area contributed by atoms with Gasteiger partial charge in [0.15, 0.2) is 11.6 Å². The largest absolute Gasteiger partial charge is 0.488 e. The number of carbonyl (C=O) groups excluding carboxylic acids is 1. The van der Waals surface area contributed by atoms with Crippen LogP contribution in [0.15, 0.2) is 63.3 Å². The minimum Gasteiger partial charge on any atom is -0.488 e. The van der Waals surface area contributed by atoms with Crippen LogP contribution in [0.3, 0.4) is 0 Å². The van der Waals surface area contributed by atoms with Gasteiger partial charge in [0.05, 0.1) is 29.7 Å². The Morgan fingerprint density at radius 1 is 1.17 bits per heavy atom. The van der Waals surface area contributed by atoms with E-state index < -0.39 is 0 Å². The third kappa shape index (κ3) is 4.26. The molecule has 0 N–H and O–H groups in total. The number of anilines is 1. The normalized spacial score (nSPS) is 25.0. The second-order valence-electron chi connectivity index (χ2n) is 6.98. The van der Waals surface area contributed by atoms with Crippen LogP contribution in [0.5, 0.6) is 5.75 Å². The van der Waals surface area contributed by atoms with E-state index in [2.05, 4.69) is 20.2 Å². The highest BCUT2D eigenvalue weighted by Gasteiger charge is 2.25. The van der Waals surface area contributed by atoms with E-state index in [0.717, 1.165) is 31.6 Å². The lowest BCUT2D eigenvalue weighted by Gasteiger charge is -2.31. The van der Waals surface area contributed by atoms with Crippen molar-refractivity contribution in [1.29, 1.82) is 0 Å². The van der Waals surface area contributed by atoms with Crippen LogP contribution in [0.4, 0.5) is 5.82 Å². The number of likely N-dealkylation sites (tertiary alicyclic amines) is 1. The monoisotopic (exact) mass is 392 g/mol. The molecule has 150 valence electrons. The lowest BCUT2D eigenvalue weighted by atomic mass is 10.1. The summed E-state index contributed by atoms with van der Waals surface area (Å²) in [5.41, 5.74) is 2.15. The number of hydrogen-bond donors (Lipinski definition) is 0. The molecule has 3 aliphatic rings. The van der Waals surface area contributed by atoms with E-state index in [1.54, 1.807) is 37.8 Å². The van der Waals surface area contributed by atoms with Gasteiger partial charge in [-0.15, -0.1) is 0 Å². The molecule has 0 atom stereocenters. The van der Waals surface area contributed by atoms with Gasteiger partial charge in [-0.1, -0.05) is 0 Å². The number of azo groups is 1. The quantitative estimate of drug-likeness (QED) is 0.739. The number of hydrogen-bond acceptors (Lipinski definition) is 7. The topological polar surface area (TPSA) is 82.8 Å². The van der Waals surface area contributed by atoms with Crippen molar-refractivity contribution < 1.29 is 9.53 Å². The molecule has 8 heteroatoms. The van der Waals surface area contributed by atoms with E-state index in [0.29, 0.717) is 36.0 Å². The molecular formula is C21H24N6O2. The number of ether oxygens (including phenoxy) is 1. The predicted molar refractivity (Wildman–Crippen MR) is 111 cm³/mol. The van der Waals surface area contributed by atoms with Crippen molar-refractivity contribution in [3.63, 3.8) is 0 Å². The summed E-state index contributed by atoms with van der Waals surface area (Å²) in [6.45, 7) is 2.76. The maximum atomic E-state index is 12.8. The summed E-state index contributed by atoms with van der Waals surface area (Å²) in [4.78, 5) is 25.6. The molecule has 1 aromatic rings. The van der Waals surface area contributed by atoms with Crippen molar-refractivity contribution in [3.05, 3.63) is 53.6 Å². The highest BCUT2D eigenvalue weighted by atomic mass is 16.5. The number of carbonyl (C=O) groups is 1. The fourth-order valence-corrected chi connectivity index (χ4v) is 3.60.